The van der Waals surface area contributed by atoms with Gasteiger partial charge in [0.2, 0.25) is 0 Å². The summed E-state index contributed by atoms with van der Waals surface area (Å²) in [5, 5.41) is 0.639. The van der Waals surface area contributed by atoms with E-state index in [4.69, 9.17) is 0 Å². The third-order valence-corrected chi connectivity index (χ3v) is 6.07. The second kappa shape index (κ2) is 7.31. The van der Waals surface area contributed by atoms with Crippen LogP contribution in [0.3, 0.4) is 0 Å². The molecular formula is C11H26OSi. The highest BCUT2D eigenvalue weighted by molar-refractivity contribution is 6.59. The minimum Gasteiger partial charge on any atom is -0.303 e. The number of rotatable bonds is 2. The molecule has 0 bridgehead atoms. The lowest BCUT2D eigenvalue weighted by Gasteiger charge is -2.21. The standard InChI is InChI=1S/C6H16Si.C5H10O/c1-6(2,3)7(4)5;1-3-5(2)4-6/h7H,1-5H3;4-5H,3H2,1-2H3/t;5-/m.0/s1. The van der Waals surface area contributed by atoms with Crippen LogP contribution in [0.25, 0.3) is 0 Å². The molecule has 0 aromatic carbocycles. The highest BCUT2D eigenvalue weighted by atomic mass is 28.3. The smallest absolute Gasteiger partial charge is 0.122 e. The first kappa shape index (κ1) is 15.4. The molecule has 0 amide bonds. The minimum absolute atomic E-state index is 0.255. The summed E-state index contributed by atoms with van der Waals surface area (Å²) in [5.74, 6) is 0.255. The van der Waals surface area contributed by atoms with Gasteiger partial charge in [-0.25, -0.2) is 0 Å². The van der Waals surface area contributed by atoms with Gasteiger partial charge in [0, 0.05) is 14.7 Å². The number of carbonyl (C=O) groups is 1. The lowest BCUT2D eigenvalue weighted by molar-refractivity contribution is -0.110. The number of aldehydes is 1. The normalized spacial score (nSPS) is 13.2. The van der Waals surface area contributed by atoms with Crippen LogP contribution in [0.1, 0.15) is 41.0 Å². The lowest BCUT2D eigenvalue weighted by Crippen LogP contribution is -2.16. The molecule has 0 heterocycles. The Hall–Kier alpha value is -0.113. The zero-order valence-corrected chi connectivity index (χ0v) is 11.5. The van der Waals surface area contributed by atoms with E-state index in [0.29, 0.717) is 5.04 Å². The third kappa shape index (κ3) is 11.9. The Morgan fingerprint density at radius 2 is 1.62 bits per heavy atom. The second-order valence-corrected chi connectivity index (χ2v) is 9.08. The van der Waals surface area contributed by atoms with E-state index in [2.05, 4.69) is 33.9 Å². The summed E-state index contributed by atoms with van der Waals surface area (Å²) in [6, 6.07) is 0. The van der Waals surface area contributed by atoms with E-state index in [1.54, 1.807) is 0 Å². The van der Waals surface area contributed by atoms with Gasteiger partial charge in [0.1, 0.15) is 6.29 Å². The maximum absolute atomic E-state index is 9.74. The topological polar surface area (TPSA) is 17.1 Å². The van der Waals surface area contributed by atoms with Crippen molar-refractivity contribution in [3.63, 3.8) is 0 Å². The second-order valence-electron chi connectivity index (χ2n) is 5.04. The Morgan fingerprint density at radius 1 is 1.31 bits per heavy atom. The van der Waals surface area contributed by atoms with Crippen LogP contribution in [0.15, 0.2) is 0 Å². The number of hydrogen-bond acceptors (Lipinski definition) is 1. The molecule has 0 aromatic rings. The van der Waals surface area contributed by atoms with E-state index >= 15 is 0 Å². The quantitative estimate of drug-likeness (QED) is 0.495. The molecule has 0 saturated heterocycles. The van der Waals surface area contributed by atoms with Crippen molar-refractivity contribution in [3.05, 3.63) is 0 Å². The largest absolute Gasteiger partial charge is 0.303 e. The van der Waals surface area contributed by atoms with Crippen molar-refractivity contribution in [2.45, 2.75) is 59.2 Å². The molecule has 13 heavy (non-hydrogen) atoms. The molecule has 80 valence electrons. The van der Waals surface area contributed by atoms with Crippen LogP contribution >= 0.6 is 0 Å². The number of carbonyl (C=O) groups excluding carboxylic acids is 1. The van der Waals surface area contributed by atoms with E-state index < -0.39 is 0 Å². The van der Waals surface area contributed by atoms with Crippen molar-refractivity contribution < 1.29 is 4.79 Å². The molecule has 0 fully saturated rings. The van der Waals surface area contributed by atoms with Gasteiger partial charge in [-0.05, 0) is 11.5 Å². The average Bonchev–Trinajstić information content (AvgIpc) is 2.02. The lowest BCUT2D eigenvalue weighted by atomic mass is 10.2. The molecule has 0 saturated carbocycles. The van der Waals surface area contributed by atoms with E-state index in [1.807, 2.05) is 13.8 Å². The molecule has 1 atom stereocenters. The molecule has 0 N–H and O–H groups in total. The summed E-state index contributed by atoms with van der Waals surface area (Å²) in [6.07, 6.45) is 1.93. The van der Waals surface area contributed by atoms with Gasteiger partial charge in [-0.1, -0.05) is 47.7 Å². The highest BCUT2D eigenvalue weighted by Crippen LogP contribution is 2.25. The van der Waals surface area contributed by atoms with Crippen molar-refractivity contribution >= 4 is 15.1 Å². The summed E-state index contributed by atoms with van der Waals surface area (Å²) < 4.78 is 0. The van der Waals surface area contributed by atoms with Gasteiger partial charge in [0.25, 0.3) is 0 Å². The minimum atomic E-state index is -0.359. The van der Waals surface area contributed by atoms with Crippen molar-refractivity contribution in [2.24, 2.45) is 5.92 Å². The molecule has 0 aliphatic heterocycles. The van der Waals surface area contributed by atoms with Crippen molar-refractivity contribution in [3.8, 4) is 0 Å². The molecule has 0 aliphatic carbocycles. The third-order valence-electron chi connectivity index (χ3n) is 2.61. The van der Waals surface area contributed by atoms with Crippen molar-refractivity contribution in [2.75, 3.05) is 0 Å². The Labute approximate surface area is 85.5 Å². The molecular weight excluding hydrogens is 176 g/mol. The predicted octanol–water partition coefficient (Wildman–Crippen LogP) is 3.50. The molecule has 1 nitrogen and oxygen atoms in total. The zero-order valence-electron chi connectivity index (χ0n) is 10.3. The van der Waals surface area contributed by atoms with Crippen LogP contribution in [-0.2, 0) is 4.79 Å². The van der Waals surface area contributed by atoms with E-state index in [1.165, 1.54) is 0 Å². The zero-order chi connectivity index (χ0) is 11.1. The van der Waals surface area contributed by atoms with Gasteiger partial charge in [0.15, 0.2) is 0 Å². The molecule has 0 spiro atoms. The maximum atomic E-state index is 9.74. The van der Waals surface area contributed by atoms with Crippen LogP contribution in [0.2, 0.25) is 18.1 Å². The van der Waals surface area contributed by atoms with E-state index in [0.717, 1.165) is 12.7 Å². The highest BCUT2D eigenvalue weighted by Gasteiger charge is 2.15. The number of hydrogen-bond donors (Lipinski definition) is 0. The van der Waals surface area contributed by atoms with Crippen molar-refractivity contribution in [1.82, 2.24) is 0 Å². The Kier molecular flexibility index (Phi) is 8.63. The average molecular weight is 202 g/mol. The van der Waals surface area contributed by atoms with Gasteiger partial charge >= 0.3 is 0 Å². The summed E-state index contributed by atoms with van der Waals surface area (Å²) in [4.78, 5) is 9.74. The van der Waals surface area contributed by atoms with E-state index in [9.17, 15) is 4.79 Å². The van der Waals surface area contributed by atoms with Crippen LogP contribution in [-0.4, -0.2) is 15.1 Å². The summed E-state index contributed by atoms with van der Waals surface area (Å²) >= 11 is 0. The fraction of sp³-hybridized carbons (Fsp3) is 0.909. The Morgan fingerprint density at radius 3 is 1.62 bits per heavy atom. The van der Waals surface area contributed by atoms with Crippen LogP contribution < -0.4 is 0 Å². The fourth-order valence-corrected chi connectivity index (χ4v) is 0.0962. The molecule has 0 aromatic heterocycles. The molecule has 0 radical (unpaired) electrons. The first-order chi connectivity index (χ1) is 5.75. The molecule has 0 rings (SSSR count). The first-order valence-corrected chi connectivity index (χ1v) is 8.09. The maximum Gasteiger partial charge on any atom is 0.122 e. The Bertz CT molecular complexity index is 125. The van der Waals surface area contributed by atoms with Gasteiger partial charge < -0.3 is 4.79 Å². The molecule has 0 aliphatic rings. The molecule has 2 heteroatoms. The predicted molar refractivity (Wildman–Crippen MR) is 64.1 cm³/mol. The van der Waals surface area contributed by atoms with E-state index in [-0.39, 0.29) is 14.7 Å². The first-order valence-electron chi connectivity index (χ1n) is 5.21. The summed E-state index contributed by atoms with van der Waals surface area (Å²) in [5.41, 5.74) is 0. The van der Waals surface area contributed by atoms with Crippen LogP contribution in [0.4, 0.5) is 0 Å². The SMILES string of the molecule is CC[C@H](C)C=O.C[SiH](C)C(C)(C)C. The Balaban J connectivity index is 0. The monoisotopic (exact) mass is 202 g/mol. The molecule has 0 unspecified atom stereocenters. The van der Waals surface area contributed by atoms with Crippen LogP contribution in [0.5, 0.6) is 0 Å². The van der Waals surface area contributed by atoms with Gasteiger partial charge in [-0.3, -0.25) is 0 Å². The van der Waals surface area contributed by atoms with Gasteiger partial charge in [0.05, 0.1) is 0 Å². The fourth-order valence-electron chi connectivity index (χ4n) is 0.0962. The van der Waals surface area contributed by atoms with Gasteiger partial charge in [-0.15, -0.1) is 0 Å². The summed E-state index contributed by atoms with van der Waals surface area (Å²) in [6.45, 7) is 15.7. The van der Waals surface area contributed by atoms with Crippen molar-refractivity contribution in [1.29, 1.82) is 0 Å². The van der Waals surface area contributed by atoms with Gasteiger partial charge in [-0.2, -0.15) is 0 Å². The van der Waals surface area contributed by atoms with Crippen LogP contribution in [0, 0.1) is 5.92 Å². The summed E-state index contributed by atoms with van der Waals surface area (Å²) in [7, 11) is -0.359.